The number of carbonyl (C=O) groups excluding carboxylic acids is 3. The second kappa shape index (κ2) is 7.84. The largest absolute Gasteiger partial charge is 0.350 e. The number of anilines is 1. The van der Waals surface area contributed by atoms with E-state index in [-0.39, 0.29) is 6.54 Å². The number of benzene rings is 2. The lowest BCUT2D eigenvalue weighted by molar-refractivity contribution is -0.127. The summed E-state index contributed by atoms with van der Waals surface area (Å²) in [5.74, 6) is -0.855. The third-order valence-corrected chi connectivity index (χ3v) is 5.96. The average molecular weight is 420 g/mol. The van der Waals surface area contributed by atoms with E-state index in [0.717, 1.165) is 44.3 Å². The van der Waals surface area contributed by atoms with Crippen LogP contribution in [-0.4, -0.2) is 33.1 Å². The van der Waals surface area contributed by atoms with Gasteiger partial charge in [-0.1, -0.05) is 30.3 Å². The Morgan fingerprint density at radius 3 is 2.70 bits per heavy atom. The average Bonchev–Trinajstić information content (AvgIpc) is 3.16. The van der Waals surface area contributed by atoms with Gasteiger partial charge in [-0.05, 0) is 54.9 Å². The Morgan fingerprint density at radius 1 is 1.13 bits per heavy atom. The minimum absolute atomic E-state index is 0.315. The van der Waals surface area contributed by atoms with Crippen molar-refractivity contribution in [3.63, 3.8) is 0 Å². The molecule has 1 saturated heterocycles. The topological polar surface area (TPSA) is 71.4 Å². The SMILES string of the molecule is Cc1ccc(C)c(NC(=O)CN2C(=O)S/C(=C/c3cn(C)c4ccccc34)C2=O)c1. The highest BCUT2D eigenvalue weighted by atomic mass is 32.2. The van der Waals surface area contributed by atoms with Crippen LogP contribution in [0, 0.1) is 13.8 Å². The van der Waals surface area contributed by atoms with E-state index in [0.29, 0.717) is 10.6 Å². The fourth-order valence-electron chi connectivity index (χ4n) is 3.47. The van der Waals surface area contributed by atoms with Crippen molar-refractivity contribution in [2.45, 2.75) is 13.8 Å². The molecule has 3 aromatic rings. The van der Waals surface area contributed by atoms with E-state index in [1.165, 1.54) is 0 Å². The van der Waals surface area contributed by atoms with Gasteiger partial charge in [0.2, 0.25) is 5.91 Å². The summed E-state index contributed by atoms with van der Waals surface area (Å²) in [6.07, 6.45) is 3.64. The lowest BCUT2D eigenvalue weighted by Crippen LogP contribution is -2.36. The molecule has 6 nitrogen and oxygen atoms in total. The first-order valence-corrected chi connectivity index (χ1v) is 10.3. The van der Waals surface area contributed by atoms with Crippen molar-refractivity contribution >= 4 is 51.5 Å². The molecule has 152 valence electrons. The van der Waals surface area contributed by atoms with E-state index in [2.05, 4.69) is 5.32 Å². The van der Waals surface area contributed by atoms with E-state index in [1.54, 1.807) is 6.08 Å². The predicted octanol–water partition coefficient (Wildman–Crippen LogP) is 4.47. The Kier molecular flexibility index (Phi) is 5.22. The van der Waals surface area contributed by atoms with Crippen LogP contribution in [0.3, 0.4) is 0 Å². The minimum Gasteiger partial charge on any atom is -0.350 e. The summed E-state index contributed by atoms with van der Waals surface area (Å²) in [5.41, 5.74) is 4.51. The molecule has 0 aliphatic carbocycles. The summed E-state index contributed by atoms with van der Waals surface area (Å²) in [5, 5.41) is 3.35. The zero-order valence-electron chi connectivity index (χ0n) is 16.9. The van der Waals surface area contributed by atoms with Crippen molar-refractivity contribution in [1.29, 1.82) is 0 Å². The van der Waals surface area contributed by atoms with Gasteiger partial charge in [0, 0.05) is 35.4 Å². The van der Waals surface area contributed by atoms with Crippen LogP contribution in [0.5, 0.6) is 0 Å². The molecule has 4 rings (SSSR count). The van der Waals surface area contributed by atoms with Crippen LogP contribution in [0.15, 0.2) is 53.6 Å². The number of hydrogen-bond donors (Lipinski definition) is 1. The molecule has 0 radical (unpaired) electrons. The molecule has 1 fully saturated rings. The number of aryl methyl sites for hydroxylation is 3. The molecular weight excluding hydrogens is 398 g/mol. The molecule has 2 aromatic carbocycles. The van der Waals surface area contributed by atoms with Crippen molar-refractivity contribution < 1.29 is 14.4 Å². The van der Waals surface area contributed by atoms with E-state index in [1.807, 2.05) is 74.1 Å². The summed E-state index contributed by atoms with van der Waals surface area (Å²) in [6, 6.07) is 13.6. The maximum atomic E-state index is 12.8. The second-order valence-electron chi connectivity index (χ2n) is 7.35. The zero-order valence-corrected chi connectivity index (χ0v) is 17.7. The Bertz CT molecular complexity index is 1230. The number of fused-ring (bicyclic) bond motifs is 1. The number of carbonyl (C=O) groups is 3. The molecule has 0 spiro atoms. The quantitative estimate of drug-likeness (QED) is 0.634. The highest BCUT2D eigenvalue weighted by Gasteiger charge is 2.36. The maximum absolute atomic E-state index is 12.8. The van der Waals surface area contributed by atoms with Gasteiger partial charge in [0.25, 0.3) is 11.1 Å². The van der Waals surface area contributed by atoms with Crippen LogP contribution in [0.1, 0.15) is 16.7 Å². The molecule has 1 aliphatic heterocycles. The van der Waals surface area contributed by atoms with E-state index >= 15 is 0 Å². The van der Waals surface area contributed by atoms with Crippen molar-refractivity contribution in [2.24, 2.45) is 7.05 Å². The lowest BCUT2D eigenvalue weighted by atomic mass is 10.1. The normalized spacial score (nSPS) is 15.4. The van der Waals surface area contributed by atoms with Gasteiger partial charge in [-0.25, -0.2) is 0 Å². The molecule has 2 heterocycles. The van der Waals surface area contributed by atoms with Gasteiger partial charge in [0.05, 0.1) is 4.91 Å². The zero-order chi connectivity index (χ0) is 21.4. The Hall–Kier alpha value is -3.32. The van der Waals surface area contributed by atoms with Crippen LogP contribution < -0.4 is 5.32 Å². The Labute approximate surface area is 178 Å². The van der Waals surface area contributed by atoms with Gasteiger partial charge in [0.1, 0.15) is 6.54 Å². The first kappa shape index (κ1) is 20.0. The monoisotopic (exact) mass is 419 g/mol. The molecule has 0 unspecified atom stereocenters. The van der Waals surface area contributed by atoms with Crippen LogP contribution in [0.2, 0.25) is 0 Å². The second-order valence-corrected chi connectivity index (χ2v) is 8.34. The molecule has 0 saturated carbocycles. The van der Waals surface area contributed by atoms with E-state index in [4.69, 9.17) is 0 Å². The van der Waals surface area contributed by atoms with Gasteiger partial charge in [-0.3, -0.25) is 19.3 Å². The number of nitrogens with zero attached hydrogens (tertiary/aromatic N) is 2. The third kappa shape index (κ3) is 3.76. The summed E-state index contributed by atoms with van der Waals surface area (Å²) >= 11 is 0.858. The summed E-state index contributed by atoms with van der Waals surface area (Å²) in [4.78, 5) is 39.0. The fourth-order valence-corrected chi connectivity index (χ4v) is 4.30. The Balaban J connectivity index is 1.53. The number of nitrogens with one attached hydrogen (secondary N) is 1. The van der Waals surface area contributed by atoms with Gasteiger partial charge >= 0.3 is 0 Å². The molecule has 30 heavy (non-hydrogen) atoms. The number of rotatable bonds is 4. The molecule has 1 N–H and O–H groups in total. The summed E-state index contributed by atoms with van der Waals surface area (Å²) in [6.45, 7) is 3.51. The molecular formula is C23H21N3O3S. The van der Waals surface area contributed by atoms with Crippen LogP contribution in [0.4, 0.5) is 10.5 Å². The van der Waals surface area contributed by atoms with Gasteiger partial charge in [-0.15, -0.1) is 0 Å². The highest BCUT2D eigenvalue weighted by Crippen LogP contribution is 2.34. The van der Waals surface area contributed by atoms with Gasteiger partial charge in [0.15, 0.2) is 0 Å². The van der Waals surface area contributed by atoms with Crippen molar-refractivity contribution in [1.82, 2.24) is 9.47 Å². The van der Waals surface area contributed by atoms with Crippen LogP contribution in [0.25, 0.3) is 17.0 Å². The number of thioether (sulfide) groups is 1. The molecule has 0 bridgehead atoms. The first-order valence-electron chi connectivity index (χ1n) is 9.50. The molecule has 1 aliphatic rings. The van der Waals surface area contributed by atoms with Gasteiger partial charge in [-0.2, -0.15) is 0 Å². The standard InChI is InChI=1S/C23H21N3O3S/c1-14-8-9-15(2)18(10-14)24-21(27)13-26-22(28)20(30-23(26)29)11-16-12-25(3)19-7-5-4-6-17(16)19/h4-12H,13H2,1-3H3,(H,24,27)/b20-11+. The summed E-state index contributed by atoms with van der Waals surface area (Å²) in [7, 11) is 1.93. The number of aromatic nitrogens is 1. The van der Waals surface area contributed by atoms with Crippen molar-refractivity contribution in [2.75, 3.05) is 11.9 Å². The third-order valence-electron chi connectivity index (χ3n) is 5.06. The minimum atomic E-state index is -0.450. The van der Waals surface area contributed by atoms with E-state index < -0.39 is 17.1 Å². The van der Waals surface area contributed by atoms with Crippen LogP contribution in [-0.2, 0) is 16.6 Å². The fraction of sp³-hybridized carbons (Fsp3) is 0.174. The van der Waals surface area contributed by atoms with Gasteiger partial charge < -0.3 is 9.88 Å². The number of amides is 3. The van der Waals surface area contributed by atoms with E-state index in [9.17, 15) is 14.4 Å². The lowest BCUT2D eigenvalue weighted by Gasteiger charge is -2.14. The predicted molar refractivity (Wildman–Crippen MR) is 120 cm³/mol. The first-order chi connectivity index (χ1) is 14.3. The number of hydrogen-bond acceptors (Lipinski definition) is 4. The van der Waals surface area contributed by atoms with Crippen LogP contribution >= 0.6 is 11.8 Å². The molecule has 0 atom stereocenters. The Morgan fingerprint density at radius 2 is 1.90 bits per heavy atom. The summed E-state index contributed by atoms with van der Waals surface area (Å²) < 4.78 is 1.98. The smallest absolute Gasteiger partial charge is 0.294 e. The van der Waals surface area contributed by atoms with Crippen molar-refractivity contribution in [3.05, 3.63) is 70.3 Å². The molecule has 7 heteroatoms. The number of para-hydroxylation sites is 1. The molecule has 1 aromatic heterocycles. The molecule has 3 amide bonds. The highest BCUT2D eigenvalue weighted by molar-refractivity contribution is 8.18. The number of imide groups is 1. The van der Waals surface area contributed by atoms with Crippen molar-refractivity contribution in [3.8, 4) is 0 Å². The maximum Gasteiger partial charge on any atom is 0.294 e.